The summed E-state index contributed by atoms with van der Waals surface area (Å²) in [5.74, 6) is -3.23. The predicted molar refractivity (Wildman–Crippen MR) is 314 cm³/mol. The van der Waals surface area contributed by atoms with E-state index in [1.165, 1.54) is 6.92 Å². The van der Waals surface area contributed by atoms with Crippen molar-refractivity contribution in [3.05, 3.63) is 0 Å². The fourth-order valence-corrected chi connectivity index (χ4v) is 13.2. The lowest BCUT2D eigenvalue weighted by Crippen LogP contribution is -2.70. The minimum Gasteiger partial charge on any atom is -0.394 e. The minimum atomic E-state index is -2.48. The number of carbonyl (C=O) groups is 4. The van der Waals surface area contributed by atoms with E-state index in [0.29, 0.717) is 0 Å². The lowest BCUT2D eigenvalue weighted by atomic mass is 9.92. The van der Waals surface area contributed by atoms with Crippen molar-refractivity contribution in [3.8, 4) is 0 Å². The lowest BCUT2D eigenvalue weighted by Gasteiger charge is -2.51. The van der Waals surface area contributed by atoms with Crippen LogP contribution in [0.4, 0.5) is 0 Å². The van der Waals surface area contributed by atoms with Gasteiger partial charge in [-0.1, -0.05) is 0 Å². The van der Waals surface area contributed by atoms with Gasteiger partial charge in [0.05, 0.1) is 65.0 Å². The number of ether oxygens (including phenoxy) is 15. The number of hydrogen-bond donors (Lipinski definition) is 25. The highest BCUT2D eigenvalue weighted by Crippen LogP contribution is 2.39. The minimum absolute atomic E-state index is 0.609. The van der Waals surface area contributed by atoms with Gasteiger partial charge >= 0.3 is 0 Å². The van der Waals surface area contributed by atoms with Gasteiger partial charge < -0.3 is 200 Å². The average Bonchev–Trinajstić information content (AvgIpc) is 0.773. The molecule has 0 saturated carbocycles. The third kappa shape index (κ3) is 18.5. The van der Waals surface area contributed by atoms with E-state index in [4.69, 9.17) is 71.1 Å². The molecule has 4 amide bonds. The number of amides is 4. The molecule has 101 heavy (non-hydrogen) atoms. The Morgan fingerprint density at radius 1 is 0.267 bits per heavy atom. The number of rotatable bonds is 26. The second-order valence-electron chi connectivity index (χ2n) is 25.7. The van der Waals surface area contributed by atoms with Crippen molar-refractivity contribution in [2.24, 2.45) is 0 Å². The molecule has 8 fully saturated rings. The van der Waals surface area contributed by atoms with E-state index in [2.05, 4.69) is 21.3 Å². The summed E-state index contributed by atoms with van der Waals surface area (Å²) in [7, 11) is 0. The quantitative estimate of drug-likeness (QED) is 0.0382. The molecule has 0 aromatic rings. The highest BCUT2D eigenvalue weighted by molar-refractivity contribution is 5.74. The molecule has 44 heteroatoms. The Morgan fingerprint density at radius 3 is 0.980 bits per heavy atom. The topological polar surface area (TPSA) is 680 Å². The molecule has 8 heterocycles. The molecule has 40 atom stereocenters. The highest BCUT2D eigenvalue weighted by atomic mass is 16.8. The fraction of sp³-hybridized carbons (Fsp3) is 0.930. The zero-order valence-electron chi connectivity index (χ0n) is 54.9. The Balaban J connectivity index is 1.13. The lowest BCUT2D eigenvalue weighted by molar-refractivity contribution is -0.396. The van der Waals surface area contributed by atoms with Crippen LogP contribution in [-0.4, -0.2) is 429 Å². The van der Waals surface area contributed by atoms with E-state index >= 15 is 0 Å². The van der Waals surface area contributed by atoms with Crippen molar-refractivity contribution in [1.29, 1.82) is 0 Å². The summed E-state index contributed by atoms with van der Waals surface area (Å²) in [5.41, 5.74) is 0. The molecule has 0 spiro atoms. The average molecular weight is 1480 g/mol. The van der Waals surface area contributed by atoms with Crippen LogP contribution in [-0.2, 0) is 90.2 Å². The van der Waals surface area contributed by atoms with Gasteiger partial charge in [-0.05, 0) is 6.92 Å². The molecule has 8 saturated heterocycles. The van der Waals surface area contributed by atoms with Crippen LogP contribution in [0.25, 0.3) is 0 Å². The number of carbonyl (C=O) groups excluding carboxylic acids is 4. The largest absolute Gasteiger partial charge is 0.394 e. The maximum atomic E-state index is 12.9. The van der Waals surface area contributed by atoms with E-state index in [0.717, 1.165) is 27.7 Å². The SMILES string of the molecule is CC(=O)NC1C(O)[C@H](O[C@@H]2OC(CO)[C@H](O)[C@H](O)C2O)[C@H](CO)O[C@H]1OC1[C@@H](OCC2O[C@@H](O[C@@H]3C(CO)O[C@@H](O[C@@H]4C(CO)O[C@@H](C)[C@@H](NC(C)=O)C4O)[C@@H](NC(C)=O)C3O)[C@H](O)C(O[C@H]3OC(CO)[C@@H](O)C(O)C3O[C@@H]3OC(CO)[C@@H](O)[C@H](O)C3NC(C)=O)[C@@H]2O)OC(CO)[C@@H](O)[C@@H]1O. The Bertz CT molecular complexity index is 2640. The van der Waals surface area contributed by atoms with Gasteiger partial charge in [0.1, 0.15) is 189 Å². The molecule has 0 aromatic carbocycles. The van der Waals surface area contributed by atoms with Crippen LogP contribution in [0.5, 0.6) is 0 Å². The molecule has 0 aromatic heterocycles. The third-order valence-electron chi connectivity index (χ3n) is 18.5. The molecule has 584 valence electrons. The van der Waals surface area contributed by atoms with E-state index < -0.39 is 322 Å². The molecule has 0 aliphatic carbocycles. The zero-order valence-corrected chi connectivity index (χ0v) is 54.9. The first-order valence-electron chi connectivity index (χ1n) is 32.4. The van der Waals surface area contributed by atoms with Crippen molar-refractivity contribution in [2.45, 2.75) is 280 Å². The standard InChI is InChI=1S/C57H96N4O40/c1-14-27(58-15(2)69)37(79)45(23(10-66)88-14)96-52-29(60-17(4)71)38(80)47(25(12-68)93-52)98-55-44(86)48(99-57-50(42(84)34(76)22(9-65)92-57)101-51-28(59-16(3)70)36(78)31(73)19(6-62)89-51)35(77)26(95-55)13-87-56-49(41(83)33(75)21(8-64)91-56)100-53-30(61-18(5)72)39(81)46(24(11-67)94-53)97-54-43(85)40(82)32(74)20(7-63)90-54/h14,19-57,62-68,73-86H,6-13H2,1-5H3,(H,58,69)(H,59,70)(H,60,71)(H,61,72)/t14-,19?,20?,21?,22?,23?,24-,25?,26?,27+,28?,29-,30?,31+,32-,33+,34+,35+,36+,37?,38?,39?,40-,41-,42?,43?,44+,45+,46+,47+,48?,49?,50?,51-,52-,53-,54-,55-,56-,57+/m0/s1. The molecule has 8 rings (SSSR count). The summed E-state index contributed by atoms with van der Waals surface area (Å²) in [6.07, 6.45) is -71.1. The molecular weight excluding hydrogens is 1380 g/mol. The number of hydrogen-bond acceptors (Lipinski definition) is 40. The third-order valence-corrected chi connectivity index (χ3v) is 18.5. The van der Waals surface area contributed by atoms with Gasteiger partial charge in [-0.15, -0.1) is 0 Å². The van der Waals surface area contributed by atoms with Crippen molar-refractivity contribution >= 4 is 23.6 Å². The van der Waals surface area contributed by atoms with Crippen LogP contribution >= 0.6 is 0 Å². The molecule has 0 bridgehead atoms. The molecule has 25 N–H and O–H groups in total. The van der Waals surface area contributed by atoms with E-state index in [9.17, 15) is 126 Å². The summed E-state index contributed by atoms with van der Waals surface area (Å²) >= 11 is 0. The van der Waals surface area contributed by atoms with Crippen LogP contribution in [0.15, 0.2) is 0 Å². The van der Waals surface area contributed by atoms with Gasteiger partial charge in [0.2, 0.25) is 23.6 Å². The molecule has 0 radical (unpaired) electrons. The van der Waals surface area contributed by atoms with Crippen LogP contribution in [0, 0.1) is 0 Å². The van der Waals surface area contributed by atoms with Crippen molar-refractivity contribution in [3.63, 3.8) is 0 Å². The normalized spacial score (nSPS) is 48.3. The molecule has 44 nitrogen and oxygen atoms in total. The van der Waals surface area contributed by atoms with E-state index in [1.807, 2.05) is 0 Å². The van der Waals surface area contributed by atoms with Gasteiger partial charge in [-0.3, -0.25) is 19.2 Å². The smallest absolute Gasteiger partial charge is 0.217 e. The first-order valence-corrected chi connectivity index (χ1v) is 32.4. The van der Waals surface area contributed by atoms with Gasteiger partial charge in [-0.2, -0.15) is 0 Å². The number of aliphatic hydroxyl groups excluding tert-OH is 21. The van der Waals surface area contributed by atoms with Crippen LogP contribution < -0.4 is 21.3 Å². The van der Waals surface area contributed by atoms with Gasteiger partial charge in [0.25, 0.3) is 0 Å². The monoisotopic (exact) mass is 1480 g/mol. The van der Waals surface area contributed by atoms with E-state index in [1.54, 1.807) is 0 Å². The van der Waals surface area contributed by atoms with Crippen LogP contribution in [0.2, 0.25) is 0 Å². The first-order chi connectivity index (χ1) is 47.8. The second-order valence-corrected chi connectivity index (χ2v) is 25.7. The van der Waals surface area contributed by atoms with Crippen LogP contribution in [0.1, 0.15) is 34.6 Å². The predicted octanol–water partition coefficient (Wildman–Crippen LogP) is -16.8. The van der Waals surface area contributed by atoms with Crippen LogP contribution in [0.3, 0.4) is 0 Å². The van der Waals surface area contributed by atoms with Gasteiger partial charge in [0.15, 0.2) is 44.0 Å². The zero-order chi connectivity index (χ0) is 74.5. The van der Waals surface area contributed by atoms with Crippen molar-refractivity contribution < 1.29 is 197 Å². The molecule has 8 aliphatic rings. The summed E-state index contributed by atoms with van der Waals surface area (Å²) < 4.78 is 89.4. The molecule has 8 aliphatic heterocycles. The summed E-state index contributed by atoms with van der Waals surface area (Å²) in [4.78, 5) is 50.4. The number of nitrogens with one attached hydrogen (secondary N) is 4. The maximum absolute atomic E-state index is 12.9. The Hall–Kier alpha value is -3.56. The summed E-state index contributed by atoms with van der Waals surface area (Å²) in [6, 6.07) is -6.60. The van der Waals surface area contributed by atoms with Crippen molar-refractivity contribution in [2.75, 3.05) is 52.9 Å². The summed E-state index contributed by atoms with van der Waals surface area (Å²) in [6.45, 7) is -2.66. The second kappa shape index (κ2) is 36.4. The Labute approximate surface area is 573 Å². The number of aliphatic hydroxyl groups is 21. The Kier molecular flexibility index (Phi) is 29.9. The summed E-state index contributed by atoms with van der Waals surface area (Å²) in [5, 5.41) is 242. The molecule has 17 unspecified atom stereocenters. The van der Waals surface area contributed by atoms with Crippen molar-refractivity contribution in [1.82, 2.24) is 21.3 Å². The first kappa shape index (κ1) is 83.1. The van der Waals surface area contributed by atoms with Gasteiger partial charge in [-0.25, -0.2) is 0 Å². The molecular formula is C57H96N4O40. The fourth-order valence-electron chi connectivity index (χ4n) is 13.2. The highest BCUT2D eigenvalue weighted by Gasteiger charge is 2.60. The van der Waals surface area contributed by atoms with E-state index in [-0.39, 0.29) is 0 Å². The Morgan fingerprint density at radius 2 is 0.554 bits per heavy atom. The maximum Gasteiger partial charge on any atom is 0.217 e. The van der Waals surface area contributed by atoms with Gasteiger partial charge in [0, 0.05) is 27.7 Å².